The van der Waals surface area contributed by atoms with Crippen LogP contribution in [0.3, 0.4) is 0 Å². The monoisotopic (exact) mass is 399 g/mol. The van der Waals surface area contributed by atoms with E-state index < -0.39 is 0 Å². The Hall–Kier alpha value is -3.13. The van der Waals surface area contributed by atoms with Crippen LogP contribution in [-0.2, 0) is 4.74 Å². The maximum atomic E-state index is 12.3. The average molecular weight is 399 g/mol. The minimum atomic E-state index is -0.315. The SMILES string of the molecule is COc1ccc(OCCNC(=O)c2cncc(C(=O)NCC3CCCO3)c2)cc1. The summed E-state index contributed by atoms with van der Waals surface area (Å²) >= 11 is 0. The lowest BCUT2D eigenvalue weighted by Crippen LogP contribution is -2.32. The first-order valence-corrected chi connectivity index (χ1v) is 9.55. The van der Waals surface area contributed by atoms with E-state index in [1.807, 2.05) is 0 Å². The molecule has 0 saturated carbocycles. The Kier molecular flexibility index (Phi) is 7.40. The second kappa shape index (κ2) is 10.4. The van der Waals surface area contributed by atoms with Crippen LogP contribution in [0.15, 0.2) is 42.7 Å². The fraction of sp³-hybridized carbons (Fsp3) is 0.381. The van der Waals surface area contributed by atoms with Gasteiger partial charge in [-0.15, -0.1) is 0 Å². The Morgan fingerprint density at radius 2 is 1.79 bits per heavy atom. The Morgan fingerprint density at radius 1 is 1.10 bits per heavy atom. The normalized spacial score (nSPS) is 15.6. The van der Waals surface area contributed by atoms with Crippen molar-refractivity contribution in [1.29, 1.82) is 0 Å². The first-order valence-electron chi connectivity index (χ1n) is 9.55. The largest absolute Gasteiger partial charge is 0.497 e. The second-order valence-corrected chi connectivity index (χ2v) is 6.59. The van der Waals surface area contributed by atoms with Gasteiger partial charge in [0.2, 0.25) is 0 Å². The number of nitrogens with zero attached hydrogens (tertiary/aromatic N) is 1. The lowest BCUT2D eigenvalue weighted by atomic mass is 10.1. The molecule has 8 nitrogen and oxygen atoms in total. The zero-order chi connectivity index (χ0) is 20.5. The van der Waals surface area contributed by atoms with Crippen molar-refractivity contribution in [2.75, 3.05) is 33.4 Å². The molecule has 1 aliphatic rings. The van der Waals surface area contributed by atoms with Crippen molar-refractivity contribution in [2.45, 2.75) is 18.9 Å². The molecule has 2 aromatic rings. The van der Waals surface area contributed by atoms with Crippen molar-refractivity contribution < 1.29 is 23.8 Å². The number of aromatic nitrogens is 1. The molecule has 29 heavy (non-hydrogen) atoms. The van der Waals surface area contributed by atoms with Gasteiger partial charge in [-0.25, -0.2) is 0 Å². The van der Waals surface area contributed by atoms with Gasteiger partial charge < -0.3 is 24.8 Å². The summed E-state index contributed by atoms with van der Waals surface area (Å²) in [5.74, 6) is 0.847. The highest BCUT2D eigenvalue weighted by Gasteiger charge is 2.17. The molecule has 0 radical (unpaired) electrons. The number of amides is 2. The highest BCUT2D eigenvalue weighted by molar-refractivity contribution is 5.99. The quantitative estimate of drug-likeness (QED) is 0.624. The summed E-state index contributed by atoms with van der Waals surface area (Å²) in [5.41, 5.74) is 0.657. The predicted molar refractivity (Wildman–Crippen MR) is 106 cm³/mol. The molecule has 1 saturated heterocycles. The summed E-state index contributed by atoms with van der Waals surface area (Å²) in [7, 11) is 1.60. The molecule has 0 aliphatic carbocycles. The van der Waals surface area contributed by atoms with Crippen LogP contribution in [0.2, 0.25) is 0 Å². The van der Waals surface area contributed by atoms with Crippen LogP contribution >= 0.6 is 0 Å². The van der Waals surface area contributed by atoms with Gasteiger partial charge in [-0.3, -0.25) is 14.6 Å². The van der Waals surface area contributed by atoms with E-state index in [1.54, 1.807) is 31.4 Å². The summed E-state index contributed by atoms with van der Waals surface area (Å²) in [5, 5.41) is 5.58. The van der Waals surface area contributed by atoms with Gasteiger partial charge in [-0.1, -0.05) is 0 Å². The zero-order valence-electron chi connectivity index (χ0n) is 16.3. The Bertz CT molecular complexity index is 819. The summed E-state index contributed by atoms with van der Waals surface area (Å²) in [6.45, 7) is 1.82. The van der Waals surface area contributed by atoms with Gasteiger partial charge in [0.1, 0.15) is 18.1 Å². The maximum absolute atomic E-state index is 12.3. The van der Waals surface area contributed by atoms with Gasteiger partial charge >= 0.3 is 0 Å². The first-order chi connectivity index (χ1) is 14.2. The van der Waals surface area contributed by atoms with Crippen LogP contribution in [0.1, 0.15) is 33.6 Å². The third kappa shape index (κ3) is 6.18. The van der Waals surface area contributed by atoms with E-state index in [4.69, 9.17) is 14.2 Å². The van der Waals surface area contributed by atoms with Gasteiger partial charge in [0, 0.05) is 25.5 Å². The topological polar surface area (TPSA) is 98.8 Å². The number of rotatable bonds is 9. The molecule has 154 valence electrons. The Balaban J connectivity index is 1.43. The number of ether oxygens (including phenoxy) is 3. The number of carbonyl (C=O) groups is 2. The molecule has 0 spiro atoms. The van der Waals surface area contributed by atoms with Crippen LogP contribution in [0.4, 0.5) is 0 Å². The number of benzene rings is 1. The van der Waals surface area contributed by atoms with Crippen molar-refractivity contribution in [2.24, 2.45) is 0 Å². The minimum absolute atomic E-state index is 0.0593. The lowest BCUT2D eigenvalue weighted by Gasteiger charge is -2.11. The number of hydrogen-bond acceptors (Lipinski definition) is 6. The summed E-state index contributed by atoms with van der Waals surface area (Å²) in [4.78, 5) is 28.6. The first kappa shape index (κ1) is 20.6. The van der Waals surface area contributed by atoms with E-state index in [9.17, 15) is 9.59 Å². The van der Waals surface area contributed by atoms with E-state index in [0.717, 1.165) is 25.2 Å². The molecular formula is C21H25N3O5. The third-order valence-corrected chi connectivity index (χ3v) is 4.49. The number of carbonyl (C=O) groups excluding carboxylic acids is 2. The van der Waals surface area contributed by atoms with Crippen molar-refractivity contribution in [3.8, 4) is 11.5 Å². The van der Waals surface area contributed by atoms with Crippen LogP contribution in [0, 0.1) is 0 Å². The van der Waals surface area contributed by atoms with E-state index in [1.165, 1.54) is 18.5 Å². The molecule has 0 bridgehead atoms. The fourth-order valence-corrected chi connectivity index (χ4v) is 2.91. The summed E-state index contributed by atoms with van der Waals surface area (Å²) in [6.07, 6.45) is 4.88. The van der Waals surface area contributed by atoms with Crippen LogP contribution in [-0.4, -0.2) is 56.3 Å². The van der Waals surface area contributed by atoms with Gasteiger partial charge in [0.25, 0.3) is 11.8 Å². The molecule has 2 heterocycles. The smallest absolute Gasteiger partial charge is 0.252 e. The van der Waals surface area contributed by atoms with E-state index in [-0.39, 0.29) is 17.9 Å². The van der Waals surface area contributed by atoms with Crippen LogP contribution in [0.25, 0.3) is 0 Å². The molecule has 2 amide bonds. The highest BCUT2D eigenvalue weighted by atomic mass is 16.5. The Morgan fingerprint density at radius 3 is 2.45 bits per heavy atom. The number of pyridine rings is 1. The molecule has 1 atom stereocenters. The van der Waals surface area contributed by atoms with E-state index >= 15 is 0 Å². The van der Waals surface area contributed by atoms with Crippen molar-refractivity contribution in [3.63, 3.8) is 0 Å². The average Bonchev–Trinajstić information content (AvgIpc) is 3.29. The van der Waals surface area contributed by atoms with Crippen molar-refractivity contribution >= 4 is 11.8 Å². The molecule has 1 fully saturated rings. The number of nitrogens with one attached hydrogen (secondary N) is 2. The van der Waals surface area contributed by atoms with E-state index in [2.05, 4.69) is 15.6 Å². The standard InChI is InChI=1S/C21H25N3O5/c1-27-17-4-6-18(7-5-17)29-10-8-23-20(25)15-11-16(13-22-12-15)21(26)24-14-19-3-2-9-28-19/h4-7,11-13,19H,2-3,8-10,14H2,1H3,(H,23,25)(H,24,26). The summed E-state index contributed by atoms with van der Waals surface area (Å²) < 4.78 is 16.1. The third-order valence-electron chi connectivity index (χ3n) is 4.49. The maximum Gasteiger partial charge on any atom is 0.252 e. The zero-order valence-corrected chi connectivity index (χ0v) is 16.3. The summed E-state index contributed by atoms with van der Waals surface area (Å²) in [6, 6.07) is 8.72. The van der Waals surface area contributed by atoms with Crippen LogP contribution in [0.5, 0.6) is 11.5 Å². The molecule has 1 unspecified atom stereocenters. The number of methoxy groups -OCH3 is 1. The fourth-order valence-electron chi connectivity index (χ4n) is 2.91. The minimum Gasteiger partial charge on any atom is -0.497 e. The van der Waals surface area contributed by atoms with E-state index in [0.29, 0.717) is 36.6 Å². The van der Waals surface area contributed by atoms with Gasteiger partial charge in [-0.05, 0) is 43.2 Å². The molecule has 8 heteroatoms. The molecule has 2 N–H and O–H groups in total. The molecule has 1 aromatic carbocycles. The predicted octanol–water partition coefficient (Wildman–Crippen LogP) is 1.81. The molecule has 1 aliphatic heterocycles. The lowest BCUT2D eigenvalue weighted by molar-refractivity contribution is 0.0857. The number of hydrogen-bond donors (Lipinski definition) is 2. The van der Waals surface area contributed by atoms with Crippen molar-refractivity contribution in [3.05, 3.63) is 53.9 Å². The molecule has 1 aromatic heterocycles. The molecular weight excluding hydrogens is 374 g/mol. The second-order valence-electron chi connectivity index (χ2n) is 6.59. The van der Waals surface area contributed by atoms with Gasteiger partial charge in [0.05, 0.1) is 30.9 Å². The van der Waals surface area contributed by atoms with Crippen LogP contribution < -0.4 is 20.1 Å². The van der Waals surface area contributed by atoms with Crippen molar-refractivity contribution in [1.82, 2.24) is 15.6 Å². The molecule has 3 rings (SSSR count). The highest BCUT2D eigenvalue weighted by Crippen LogP contribution is 2.16. The van der Waals surface area contributed by atoms with Gasteiger partial charge in [0.15, 0.2) is 0 Å². The van der Waals surface area contributed by atoms with Gasteiger partial charge in [-0.2, -0.15) is 0 Å². The Labute approximate surface area is 169 Å².